The summed E-state index contributed by atoms with van der Waals surface area (Å²) >= 11 is 0. The zero-order chi connectivity index (χ0) is 18.6. The van der Waals surface area contributed by atoms with Crippen molar-refractivity contribution in [1.82, 2.24) is 0 Å². The Kier molecular flexibility index (Phi) is 4.67. The van der Waals surface area contributed by atoms with Gasteiger partial charge in [0.25, 0.3) is 0 Å². The third kappa shape index (κ3) is 3.72. The van der Waals surface area contributed by atoms with Gasteiger partial charge in [0, 0.05) is 46.3 Å². The molecule has 0 aliphatic carbocycles. The Bertz CT molecular complexity index is 1050. The highest BCUT2D eigenvalue weighted by molar-refractivity contribution is 6.02. The Morgan fingerprint density at radius 1 is 0.519 bits per heavy atom. The van der Waals surface area contributed by atoms with E-state index in [0.717, 1.165) is 28.4 Å². The van der Waals surface area contributed by atoms with E-state index in [4.69, 9.17) is 0 Å². The van der Waals surface area contributed by atoms with Crippen LogP contribution in [0.3, 0.4) is 0 Å². The van der Waals surface area contributed by atoms with Gasteiger partial charge in [-0.3, -0.25) is 0 Å². The number of rotatable bonds is 5. The number of benzene rings is 4. The Morgan fingerprint density at radius 2 is 1.00 bits per heavy atom. The maximum Gasteiger partial charge on any atom is 0.0465 e. The minimum absolute atomic E-state index is 1.06. The monoisotopic (exact) mass is 353 g/mol. The van der Waals surface area contributed by atoms with Gasteiger partial charge in [0.1, 0.15) is 0 Å². The van der Waals surface area contributed by atoms with E-state index in [1.54, 1.807) is 0 Å². The van der Waals surface area contributed by atoms with Crippen LogP contribution in [0.1, 0.15) is 5.56 Å². The van der Waals surface area contributed by atoms with Gasteiger partial charge in [0.05, 0.1) is 0 Å². The molecule has 3 N–H and O–H groups in total. The molecule has 134 valence electrons. The second kappa shape index (κ2) is 7.42. The summed E-state index contributed by atoms with van der Waals surface area (Å²) in [7, 11) is 1.95. The van der Waals surface area contributed by atoms with E-state index >= 15 is 0 Å². The number of fused-ring (bicyclic) bond motifs is 1. The molecule has 0 spiro atoms. The largest absolute Gasteiger partial charge is 0.388 e. The van der Waals surface area contributed by atoms with Crippen LogP contribution in [0.15, 0.2) is 84.9 Å². The predicted octanol–water partition coefficient (Wildman–Crippen LogP) is 6.68. The smallest absolute Gasteiger partial charge is 0.0465 e. The molecule has 4 aromatic rings. The average molecular weight is 353 g/mol. The van der Waals surface area contributed by atoms with E-state index in [1.807, 2.05) is 7.05 Å². The molecule has 0 atom stereocenters. The van der Waals surface area contributed by atoms with Gasteiger partial charge in [0.2, 0.25) is 0 Å². The molecule has 0 amide bonds. The van der Waals surface area contributed by atoms with Gasteiger partial charge in [-0.25, -0.2) is 0 Å². The van der Waals surface area contributed by atoms with Crippen molar-refractivity contribution in [2.45, 2.75) is 6.92 Å². The molecule has 3 nitrogen and oxygen atoms in total. The van der Waals surface area contributed by atoms with Crippen LogP contribution >= 0.6 is 0 Å². The van der Waals surface area contributed by atoms with Crippen molar-refractivity contribution in [3.05, 3.63) is 90.5 Å². The van der Waals surface area contributed by atoms with Crippen LogP contribution in [0, 0.1) is 6.92 Å². The Morgan fingerprint density at radius 3 is 1.59 bits per heavy atom. The van der Waals surface area contributed by atoms with Crippen molar-refractivity contribution in [2.24, 2.45) is 0 Å². The van der Waals surface area contributed by atoms with Crippen LogP contribution in [-0.2, 0) is 0 Å². The normalized spacial score (nSPS) is 10.6. The lowest BCUT2D eigenvalue weighted by Crippen LogP contribution is -1.95. The quantitative estimate of drug-likeness (QED) is 0.375. The second-order valence-corrected chi connectivity index (χ2v) is 6.65. The standard InChI is InChI=1S/C24H23N3/c1-17-7-9-18(10-8-17)26-19-11-13-20(14-12-19)27-24-16-15-23(25-2)21-5-3-4-6-22(21)24/h3-16,25-27H,1-2H3. The van der Waals surface area contributed by atoms with Crippen molar-refractivity contribution < 1.29 is 0 Å². The lowest BCUT2D eigenvalue weighted by molar-refractivity contribution is 1.45. The number of anilines is 5. The molecule has 27 heavy (non-hydrogen) atoms. The van der Waals surface area contributed by atoms with Crippen LogP contribution < -0.4 is 16.0 Å². The summed E-state index contributed by atoms with van der Waals surface area (Å²) in [5, 5.41) is 12.6. The van der Waals surface area contributed by atoms with Gasteiger partial charge >= 0.3 is 0 Å². The van der Waals surface area contributed by atoms with Crippen LogP contribution in [-0.4, -0.2) is 7.05 Å². The number of hydrogen-bond donors (Lipinski definition) is 3. The second-order valence-electron chi connectivity index (χ2n) is 6.65. The number of hydrogen-bond acceptors (Lipinski definition) is 3. The summed E-state index contributed by atoms with van der Waals surface area (Å²) < 4.78 is 0. The van der Waals surface area contributed by atoms with Crippen molar-refractivity contribution in [1.29, 1.82) is 0 Å². The molecule has 0 bridgehead atoms. The number of aryl methyl sites for hydroxylation is 1. The van der Waals surface area contributed by atoms with Crippen LogP contribution in [0.5, 0.6) is 0 Å². The maximum atomic E-state index is 3.54. The van der Waals surface area contributed by atoms with Gasteiger partial charge in [-0.15, -0.1) is 0 Å². The average Bonchev–Trinajstić information content (AvgIpc) is 2.71. The zero-order valence-corrected chi connectivity index (χ0v) is 15.6. The summed E-state index contributed by atoms with van der Waals surface area (Å²) in [6.07, 6.45) is 0. The topological polar surface area (TPSA) is 36.1 Å². The molecule has 0 saturated heterocycles. The zero-order valence-electron chi connectivity index (χ0n) is 15.6. The minimum Gasteiger partial charge on any atom is -0.388 e. The first-order valence-corrected chi connectivity index (χ1v) is 9.13. The fourth-order valence-corrected chi connectivity index (χ4v) is 3.22. The van der Waals surface area contributed by atoms with E-state index in [9.17, 15) is 0 Å². The van der Waals surface area contributed by atoms with Gasteiger partial charge in [-0.05, 0) is 55.5 Å². The third-order valence-electron chi connectivity index (χ3n) is 4.70. The first kappa shape index (κ1) is 17.0. The van der Waals surface area contributed by atoms with Crippen molar-refractivity contribution in [3.8, 4) is 0 Å². The highest BCUT2D eigenvalue weighted by Gasteiger charge is 2.05. The molecule has 0 unspecified atom stereocenters. The molecule has 0 aromatic heterocycles. The molecule has 0 fully saturated rings. The molecule has 0 aliphatic heterocycles. The lowest BCUT2D eigenvalue weighted by atomic mass is 10.1. The SMILES string of the molecule is CNc1ccc(Nc2ccc(Nc3ccc(C)cc3)cc2)c2ccccc12. The van der Waals surface area contributed by atoms with Crippen molar-refractivity contribution >= 4 is 39.2 Å². The van der Waals surface area contributed by atoms with Crippen molar-refractivity contribution in [2.75, 3.05) is 23.0 Å². The van der Waals surface area contributed by atoms with Crippen molar-refractivity contribution in [3.63, 3.8) is 0 Å². The van der Waals surface area contributed by atoms with E-state index in [-0.39, 0.29) is 0 Å². The number of nitrogens with one attached hydrogen (secondary N) is 3. The van der Waals surface area contributed by atoms with E-state index in [2.05, 4.69) is 108 Å². The molecular formula is C24H23N3. The van der Waals surface area contributed by atoms with Gasteiger partial charge in [-0.2, -0.15) is 0 Å². The van der Waals surface area contributed by atoms with Crippen LogP contribution in [0.25, 0.3) is 10.8 Å². The molecule has 0 aliphatic rings. The van der Waals surface area contributed by atoms with Crippen LogP contribution in [0.2, 0.25) is 0 Å². The maximum absolute atomic E-state index is 3.54. The Hall–Kier alpha value is -3.46. The fourth-order valence-electron chi connectivity index (χ4n) is 3.22. The first-order chi connectivity index (χ1) is 13.2. The summed E-state index contributed by atoms with van der Waals surface area (Å²) in [5.74, 6) is 0. The van der Waals surface area contributed by atoms with Gasteiger partial charge in [0.15, 0.2) is 0 Å². The third-order valence-corrected chi connectivity index (χ3v) is 4.70. The Balaban J connectivity index is 1.55. The minimum atomic E-state index is 1.06. The fraction of sp³-hybridized carbons (Fsp3) is 0.0833. The highest BCUT2D eigenvalue weighted by Crippen LogP contribution is 2.32. The molecule has 4 aromatic carbocycles. The molecule has 3 heteroatoms. The summed E-state index contributed by atoms with van der Waals surface area (Å²) in [4.78, 5) is 0. The molecule has 0 heterocycles. The van der Waals surface area contributed by atoms with Gasteiger partial charge in [-0.1, -0.05) is 42.0 Å². The van der Waals surface area contributed by atoms with Crippen LogP contribution in [0.4, 0.5) is 28.4 Å². The summed E-state index contributed by atoms with van der Waals surface area (Å²) in [5.41, 5.74) is 6.72. The summed E-state index contributed by atoms with van der Waals surface area (Å²) in [6.45, 7) is 2.09. The molecule has 0 saturated carbocycles. The predicted molar refractivity (Wildman–Crippen MR) is 118 cm³/mol. The molecule has 4 rings (SSSR count). The first-order valence-electron chi connectivity index (χ1n) is 9.13. The van der Waals surface area contributed by atoms with E-state index in [1.165, 1.54) is 16.3 Å². The van der Waals surface area contributed by atoms with Gasteiger partial charge < -0.3 is 16.0 Å². The van der Waals surface area contributed by atoms with E-state index in [0.29, 0.717) is 0 Å². The highest BCUT2D eigenvalue weighted by atomic mass is 14.9. The Labute approximate surface area is 160 Å². The molecular weight excluding hydrogens is 330 g/mol. The van der Waals surface area contributed by atoms with E-state index < -0.39 is 0 Å². The summed E-state index contributed by atoms with van der Waals surface area (Å²) in [6, 6.07) is 29.4. The lowest BCUT2D eigenvalue weighted by Gasteiger charge is -2.14. The molecule has 0 radical (unpaired) electrons.